The van der Waals surface area contributed by atoms with Crippen molar-refractivity contribution in [3.05, 3.63) is 83.1 Å². The number of carbonyl (C=O) groups is 1. The lowest BCUT2D eigenvalue weighted by molar-refractivity contribution is 0.102. The van der Waals surface area contributed by atoms with Crippen LogP contribution in [0.3, 0.4) is 0 Å². The largest absolute Gasteiger partial charge is 0.298 e. The van der Waals surface area contributed by atoms with Gasteiger partial charge in [-0.25, -0.2) is 17.8 Å². The lowest BCUT2D eigenvalue weighted by atomic mass is 10.2. The molecule has 0 aliphatic heterocycles. The number of amides is 1. The van der Waals surface area contributed by atoms with Gasteiger partial charge < -0.3 is 0 Å². The van der Waals surface area contributed by atoms with Gasteiger partial charge in [0.1, 0.15) is 11.3 Å². The molecule has 4 rings (SSSR count). The van der Waals surface area contributed by atoms with E-state index in [2.05, 4.69) is 15.0 Å². The topological polar surface area (TPSA) is 88.2 Å². The molecule has 2 N–H and O–H groups in total. The second-order valence-corrected chi connectivity index (χ2v) is 9.28. The second kappa shape index (κ2) is 8.02. The van der Waals surface area contributed by atoms with Crippen LogP contribution in [-0.4, -0.2) is 19.3 Å². The Balaban J connectivity index is 1.61. The number of carbonyl (C=O) groups excluding carboxylic acids is 1. The fourth-order valence-electron chi connectivity index (χ4n) is 2.72. The molecular formula is C20H13ClFN3O3S2. The number of nitrogens with zero attached hydrogens (tertiary/aromatic N) is 1. The van der Waals surface area contributed by atoms with Gasteiger partial charge in [-0.15, -0.1) is 0 Å². The maximum atomic E-state index is 13.1. The molecule has 10 heteroatoms. The molecule has 0 bridgehead atoms. The molecule has 0 aliphatic rings. The Kier molecular flexibility index (Phi) is 5.42. The van der Waals surface area contributed by atoms with Crippen LogP contribution < -0.4 is 10.0 Å². The van der Waals surface area contributed by atoms with E-state index in [1.165, 1.54) is 23.5 Å². The Bertz CT molecular complexity index is 1360. The van der Waals surface area contributed by atoms with E-state index in [1.807, 2.05) is 6.07 Å². The maximum Gasteiger partial charge on any atom is 0.261 e. The fourth-order valence-corrected chi connectivity index (χ4v) is 4.96. The highest BCUT2D eigenvalue weighted by Gasteiger charge is 2.19. The molecule has 152 valence electrons. The van der Waals surface area contributed by atoms with Crippen LogP contribution in [0.4, 0.5) is 15.2 Å². The number of hydrogen-bond acceptors (Lipinski definition) is 5. The molecule has 0 radical (unpaired) electrons. The third kappa shape index (κ3) is 4.13. The summed E-state index contributed by atoms with van der Waals surface area (Å²) >= 11 is 7.37. The van der Waals surface area contributed by atoms with Crippen LogP contribution in [0.2, 0.25) is 5.02 Å². The van der Waals surface area contributed by atoms with Crippen LogP contribution >= 0.6 is 22.9 Å². The van der Waals surface area contributed by atoms with Crippen molar-refractivity contribution >= 4 is 59.9 Å². The molecule has 4 aromatic rings. The Hall–Kier alpha value is -3.01. The summed E-state index contributed by atoms with van der Waals surface area (Å²) in [6, 6.07) is 15.9. The van der Waals surface area contributed by atoms with Crippen molar-refractivity contribution in [1.82, 2.24) is 4.98 Å². The van der Waals surface area contributed by atoms with E-state index in [-0.39, 0.29) is 16.1 Å². The number of rotatable bonds is 5. The number of para-hydroxylation sites is 2. The van der Waals surface area contributed by atoms with Gasteiger partial charge in [-0.1, -0.05) is 41.1 Å². The molecule has 1 aromatic heterocycles. The Morgan fingerprint density at radius 3 is 2.47 bits per heavy atom. The summed E-state index contributed by atoms with van der Waals surface area (Å²) in [7, 11) is -4.01. The molecule has 0 fully saturated rings. The van der Waals surface area contributed by atoms with Crippen molar-refractivity contribution in [3.63, 3.8) is 0 Å². The number of anilines is 2. The summed E-state index contributed by atoms with van der Waals surface area (Å²) in [6.45, 7) is 0. The average molecular weight is 462 g/mol. The molecule has 30 heavy (non-hydrogen) atoms. The normalized spacial score (nSPS) is 11.4. The van der Waals surface area contributed by atoms with Gasteiger partial charge in [0, 0.05) is 0 Å². The standard InChI is InChI=1S/C20H13ClFN3O3S2/c21-15-5-3-7-17-18(15)23-20(29-17)24-19(26)14-4-1-2-6-16(14)25-30(27,28)13-10-8-12(22)9-11-13/h1-11,25H,(H,23,24,26). The van der Waals surface area contributed by atoms with Gasteiger partial charge in [-0.3, -0.25) is 14.8 Å². The number of nitrogens with one attached hydrogen (secondary N) is 2. The van der Waals surface area contributed by atoms with E-state index < -0.39 is 21.7 Å². The van der Waals surface area contributed by atoms with Crippen molar-refractivity contribution < 1.29 is 17.6 Å². The van der Waals surface area contributed by atoms with Gasteiger partial charge >= 0.3 is 0 Å². The number of sulfonamides is 1. The quantitative estimate of drug-likeness (QED) is 0.430. The minimum Gasteiger partial charge on any atom is -0.298 e. The zero-order chi connectivity index (χ0) is 21.3. The first-order chi connectivity index (χ1) is 14.3. The first-order valence-electron chi connectivity index (χ1n) is 8.57. The smallest absolute Gasteiger partial charge is 0.261 e. The molecule has 0 atom stereocenters. The van der Waals surface area contributed by atoms with E-state index in [1.54, 1.807) is 24.3 Å². The summed E-state index contributed by atoms with van der Waals surface area (Å²) in [5.41, 5.74) is 0.761. The van der Waals surface area contributed by atoms with Crippen molar-refractivity contribution in [3.8, 4) is 0 Å². The minimum absolute atomic E-state index is 0.0819. The van der Waals surface area contributed by atoms with Crippen LogP contribution in [0.15, 0.2) is 71.6 Å². The predicted octanol–water partition coefficient (Wildman–Crippen LogP) is 5.14. The van der Waals surface area contributed by atoms with E-state index in [9.17, 15) is 17.6 Å². The SMILES string of the molecule is O=C(Nc1nc2c(Cl)cccc2s1)c1ccccc1NS(=O)(=O)c1ccc(F)cc1. The highest BCUT2D eigenvalue weighted by Crippen LogP contribution is 2.31. The van der Waals surface area contributed by atoms with Gasteiger partial charge in [-0.2, -0.15) is 0 Å². The van der Waals surface area contributed by atoms with E-state index in [0.29, 0.717) is 15.7 Å². The molecule has 0 spiro atoms. The van der Waals surface area contributed by atoms with Crippen LogP contribution in [-0.2, 0) is 10.0 Å². The van der Waals surface area contributed by atoms with Crippen molar-refractivity contribution in [2.24, 2.45) is 0 Å². The highest BCUT2D eigenvalue weighted by molar-refractivity contribution is 7.92. The number of fused-ring (bicyclic) bond motifs is 1. The number of halogens is 2. The first kappa shape index (κ1) is 20.3. The fraction of sp³-hybridized carbons (Fsp3) is 0. The lowest BCUT2D eigenvalue weighted by Crippen LogP contribution is -2.18. The minimum atomic E-state index is -4.01. The first-order valence-corrected chi connectivity index (χ1v) is 11.2. The van der Waals surface area contributed by atoms with Crippen LogP contribution in [0.1, 0.15) is 10.4 Å². The molecule has 0 saturated carbocycles. The third-order valence-corrected chi connectivity index (χ3v) is 6.75. The summed E-state index contributed by atoms with van der Waals surface area (Å²) in [5.74, 6) is -1.09. The van der Waals surface area contributed by atoms with Gasteiger partial charge in [0.25, 0.3) is 15.9 Å². The molecular weight excluding hydrogens is 449 g/mol. The summed E-state index contributed by atoms with van der Waals surface area (Å²) in [4.78, 5) is 17.0. The van der Waals surface area contributed by atoms with E-state index >= 15 is 0 Å². The van der Waals surface area contributed by atoms with Gasteiger partial charge in [-0.05, 0) is 48.5 Å². The van der Waals surface area contributed by atoms with Crippen molar-refractivity contribution in [2.75, 3.05) is 10.0 Å². The molecule has 1 heterocycles. The zero-order valence-corrected chi connectivity index (χ0v) is 17.5. The van der Waals surface area contributed by atoms with Crippen molar-refractivity contribution in [2.45, 2.75) is 4.90 Å². The van der Waals surface area contributed by atoms with Crippen LogP contribution in [0.5, 0.6) is 0 Å². The monoisotopic (exact) mass is 461 g/mol. The summed E-state index contributed by atoms with van der Waals surface area (Å²) in [5, 5.41) is 3.48. The number of benzene rings is 3. The summed E-state index contributed by atoms with van der Waals surface area (Å²) < 4.78 is 41.5. The highest BCUT2D eigenvalue weighted by atomic mass is 35.5. The van der Waals surface area contributed by atoms with Gasteiger partial charge in [0.15, 0.2) is 5.13 Å². The van der Waals surface area contributed by atoms with Crippen LogP contribution in [0, 0.1) is 5.82 Å². The number of hydrogen-bond donors (Lipinski definition) is 2. The molecule has 0 saturated heterocycles. The van der Waals surface area contributed by atoms with Crippen molar-refractivity contribution in [1.29, 1.82) is 0 Å². The Morgan fingerprint density at radius 2 is 1.73 bits per heavy atom. The van der Waals surface area contributed by atoms with Gasteiger partial charge in [0.2, 0.25) is 0 Å². The number of thiazole rings is 1. The predicted molar refractivity (Wildman–Crippen MR) is 116 cm³/mol. The van der Waals surface area contributed by atoms with E-state index in [0.717, 1.165) is 29.0 Å². The van der Waals surface area contributed by atoms with Gasteiger partial charge in [0.05, 0.1) is 25.9 Å². The Morgan fingerprint density at radius 1 is 1.00 bits per heavy atom. The summed E-state index contributed by atoms with van der Waals surface area (Å²) in [6.07, 6.45) is 0. The second-order valence-electron chi connectivity index (χ2n) is 6.16. The number of aromatic nitrogens is 1. The molecule has 3 aromatic carbocycles. The lowest BCUT2D eigenvalue weighted by Gasteiger charge is -2.12. The maximum absolute atomic E-state index is 13.1. The Labute approximate surface area is 180 Å². The molecule has 1 amide bonds. The van der Waals surface area contributed by atoms with E-state index in [4.69, 9.17) is 11.6 Å². The molecule has 0 unspecified atom stereocenters. The average Bonchev–Trinajstić information content (AvgIpc) is 3.12. The molecule has 6 nitrogen and oxygen atoms in total. The zero-order valence-electron chi connectivity index (χ0n) is 15.1. The molecule has 0 aliphatic carbocycles. The third-order valence-electron chi connectivity index (χ3n) is 4.13. The van der Waals surface area contributed by atoms with Crippen LogP contribution in [0.25, 0.3) is 10.2 Å².